The Morgan fingerprint density at radius 2 is 1.80 bits per heavy atom. The number of hydrogen-bond donors (Lipinski definition) is 1. The normalized spacial score (nSPS) is 15.9. The Bertz CT molecular complexity index is 583. The second kappa shape index (κ2) is 5.58. The molecule has 1 N–H and O–H groups in total. The molecule has 0 amide bonds. The molecule has 1 atom stereocenters. The molecular weight excluding hydrogens is 316 g/mol. The van der Waals surface area contributed by atoms with E-state index >= 15 is 0 Å². The topological polar surface area (TPSA) is 29.5 Å². The highest BCUT2D eigenvalue weighted by Crippen LogP contribution is 2.30. The lowest BCUT2D eigenvalue weighted by molar-refractivity contribution is 0.220. The van der Waals surface area contributed by atoms with Crippen LogP contribution < -0.4 is 4.74 Å². The van der Waals surface area contributed by atoms with Crippen molar-refractivity contribution in [2.24, 2.45) is 0 Å². The molecule has 0 spiro atoms. The maximum atomic E-state index is 10.5. The van der Waals surface area contributed by atoms with Crippen molar-refractivity contribution in [3.05, 3.63) is 63.6 Å². The predicted octanol–water partition coefficient (Wildman–Crippen LogP) is 4.38. The number of ether oxygens (including phenoxy) is 1. The minimum absolute atomic E-state index is 0.401. The van der Waals surface area contributed by atoms with Gasteiger partial charge in [-0.25, -0.2) is 0 Å². The summed E-state index contributed by atoms with van der Waals surface area (Å²) in [5.41, 5.74) is 2.90. The molecule has 0 radical (unpaired) electrons. The highest BCUT2D eigenvalue weighted by molar-refractivity contribution is 9.10. The SMILES string of the molecule is Cc1cc(Br)cc(C(O)c2ccc(OC3CC3)cc2)c1. The van der Waals surface area contributed by atoms with Crippen LogP contribution in [0.15, 0.2) is 46.9 Å². The zero-order chi connectivity index (χ0) is 14.1. The number of aliphatic hydroxyl groups is 1. The van der Waals surface area contributed by atoms with Gasteiger partial charge in [-0.2, -0.15) is 0 Å². The summed E-state index contributed by atoms with van der Waals surface area (Å²) < 4.78 is 6.70. The zero-order valence-electron chi connectivity index (χ0n) is 11.3. The van der Waals surface area contributed by atoms with E-state index in [1.807, 2.05) is 49.4 Å². The van der Waals surface area contributed by atoms with E-state index in [2.05, 4.69) is 15.9 Å². The van der Waals surface area contributed by atoms with E-state index in [-0.39, 0.29) is 0 Å². The quantitative estimate of drug-likeness (QED) is 0.900. The Hall–Kier alpha value is -1.32. The summed E-state index contributed by atoms with van der Waals surface area (Å²) in [6, 6.07) is 13.7. The fourth-order valence-electron chi connectivity index (χ4n) is 2.22. The van der Waals surface area contributed by atoms with E-state index in [4.69, 9.17) is 4.74 Å². The van der Waals surface area contributed by atoms with E-state index in [0.29, 0.717) is 6.10 Å². The molecule has 0 saturated heterocycles. The summed E-state index contributed by atoms with van der Waals surface area (Å²) in [6.07, 6.45) is 2.10. The molecule has 20 heavy (non-hydrogen) atoms. The van der Waals surface area contributed by atoms with Crippen molar-refractivity contribution in [1.82, 2.24) is 0 Å². The molecule has 3 rings (SSSR count). The van der Waals surface area contributed by atoms with Gasteiger partial charge in [0.15, 0.2) is 0 Å². The molecule has 0 bridgehead atoms. The van der Waals surface area contributed by atoms with Crippen molar-refractivity contribution in [2.75, 3.05) is 0 Å². The first-order chi connectivity index (χ1) is 9.61. The Balaban J connectivity index is 1.79. The summed E-state index contributed by atoms with van der Waals surface area (Å²) >= 11 is 3.47. The van der Waals surface area contributed by atoms with Crippen LogP contribution in [-0.2, 0) is 0 Å². The third kappa shape index (κ3) is 3.22. The standard InChI is InChI=1S/C17H17BrO2/c1-11-8-13(10-14(18)9-11)17(19)12-2-4-15(5-3-12)20-16-6-7-16/h2-5,8-10,16-17,19H,6-7H2,1H3. The molecular formula is C17H17BrO2. The summed E-state index contributed by atoms with van der Waals surface area (Å²) in [5, 5.41) is 10.5. The van der Waals surface area contributed by atoms with Gasteiger partial charge < -0.3 is 9.84 Å². The van der Waals surface area contributed by atoms with Crippen LogP contribution in [0.5, 0.6) is 5.75 Å². The highest BCUT2D eigenvalue weighted by atomic mass is 79.9. The van der Waals surface area contributed by atoms with Gasteiger partial charge in [-0.05, 0) is 60.7 Å². The lowest BCUT2D eigenvalue weighted by atomic mass is 10.00. The third-order valence-electron chi connectivity index (χ3n) is 3.40. The van der Waals surface area contributed by atoms with Crippen LogP contribution in [0.3, 0.4) is 0 Å². The fourth-order valence-corrected chi connectivity index (χ4v) is 2.85. The third-order valence-corrected chi connectivity index (χ3v) is 3.86. The van der Waals surface area contributed by atoms with Crippen molar-refractivity contribution >= 4 is 15.9 Å². The maximum absolute atomic E-state index is 10.5. The number of rotatable bonds is 4. The minimum Gasteiger partial charge on any atom is -0.490 e. The summed E-state index contributed by atoms with van der Waals surface area (Å²) in [4.78, 5) is 0. The monoisotopic (exact) mass is 332 g/mol. The first-order valence-electron chi connectivity index (χ1n) is 6.83. The smallest absolute Gasteiger partial charge is 0.119 e. The molecule has 2 nitrogen and oxygen atoms in total. The van der Waals surface area contributed by atoms with Gasteiger partial charge in [0.2, 0.25) is 0 Å². The minimum atomic E-state index is -0.610. The van der Waals surface area contributed by atoms with E-state index in [1.54, 1.807) is 0 Å². The zero-order valence-corrected chi connectivity index (χ0v) is 12.9. The Morgan fingerprint density at radius 1 is 1.10 bits per heavy atom. The van der Waals surface area contributed by atoms with Gasteiger partial charge in [-0.3, -0.25) is 0 Å². The van der Waals surface area contributed by atoms with Crippen LogP contribution in [0, 0.1) is 6.92 Å². The van der Waals surface area contributed by atoms with Crippen LogP contribution in [-0.4, -0.2) is 11.2 Å². The second-order valence-electron chi connectivity index (χ2n) is 5.35. The van der Waals surface area contributed by atoms with Crippen LogP contribution >= 0.6 is 15.9 Å². The molecule has 2 aromatic carbocycles. The van der Waals surface area contributed by atoms with Crippen molar-refractivity contribution in [1.29, 1.82) is 0 Å². The summed E-state index contributed by atoms with van der Waals surface area (Å²) in [7, 11) is 0. The average Bonchev–Trinajstić information content (AvgIpc) is 3.22. The molecule has 2 aromatic rings. The lowest BCUT2D eigenvalue weighted by Crippen LogP contribution is -2.01. The van der Waals surface area contributed by atoms with Gasteiger partial charge in [0, 0.05) is 4.47 Å². The molecule has 1 aliphatic carbocycles. The first kappa shape index (κ1) is 13.7. The van der Waals surface area contributed by atoms with E-state index < -0.39 is 6.10 Å². The van der Waals surface area contributed by atoms with Crippen molar-refractivity contribution in [2.45, 2.75) is 32.0 Å². The largest absolute Gasteiger partial charge is 0.490 e. The van der Waals surface area contributed by atoms with E-state index in [9.17, 15) is 5.11 Å². The first-order valence-corrected chi connectivity index (χ1v) is 7.63. The number of aliphatic hydroxyl groups excluding tert-OH is 1. The molecule has 1 saturated carbocycles. The Morgan fingerprint density at radius 3 is 2.40 bits per heavy atom. The van der Waals surface area contributed by atoms with Crippen LogP contribution in [0.4, 0.5) is 0 Å². The Labute approximate surface area is 127 Å². The fraction of sp³-hybridized carbons (Fsp3) is 0.294. The number of halogens is 1. The molecule has 1 fully saturated rings. The van der Waals surface area contributed by atoms with E-state index in [0.717, 1.165) is 39.8 Å². The molecule has 0 aliphatic heterocycles. The van der Waals surface area contributed by atoms with Crippen molar-refractivity contribution < 1.29 is 9.84 Å². The van der Waals surface area contributed by atoms with Crippen LogP contribution in [0.25, 0.3) is 0 Å². The van der Waals surface area contributed by atoms with Crippen molar-refractivity contribution in [3.8, 4) is 5.75 Å². The summed E-state index contributed by atoms with van der Waals surface area (Å²) in [6.45, 7) is 2.02. The second-order valence-corrected chi connectivity index (χ2v) is 6.27. The molecule has 0 aromatic heterocycles. The molecule has 0 heterocycles. The van der Waals surface area contributed by atoms with Gasteiger partial charge >= 0.3 is 0 Å². The molecule has 1 unspecified atom stereocenters. The van der Waals surface area contributed by atoms with Crippen LogP contribution in [0.1, 0.15) is 35.6 Å². The lowest BCUT2D eigenvalue weighted by Gasteiger charge is -2.13. The van der Waals surface area contributed by atoms with Gasteiger partial charge in [-0.15, -0.1) is 0 Å². The molecule has 1 aliphatic rings. The average molecular weight is 333 g/mol. The maximum Gasteiger partial charge on any atom is 0.119 e. The van der Waals surface area contributed by atoms with Crippen molar-refractivity contribution in [3.63, 3.8) is 0 Å². The number of aryl methyl sites for hydroxylation is 1. The Kier molecular flexibility index (Phi) is 3.81. The number of hydrogen-bond acceptors (Lipinski definition) is 2. The predicted molar refractivity (Wildman–Crippen MR) is 83.0 cm³/mol. The summed E-state index contributed by atoms with van der Waals surface area (Å²) in [5.74, 6) is 0.883. The van der Waals surface area contributed by atoms with Gasteiger partial charge in [-0.1, -0.05) is 34.1 Å². The molecule has 104 valence electrons. The van der Waals surface area contributed by atoms with Crippen LogP contribution in [0.2, 0.25) is 0 Å². The van der Waals surface area contributed by atoms with Gasteiger partial charge in [0.05, 0.1) is 6.10 Å². The van der Waals surface area contributed by atoms with E-state index in [1.165, 1.54) is 0 Å². The van der Waals surface area contributed by atoms with Gasteiger partial charge in [0.1, 0.15) is 11.9 Å². The number of benzene rings is 2. The van der Waals surface area contributed by atoms with Gasteiger partial charge in [0.25, 0.3) is 0 Å². The highest BCUT2D eigenvalue weighted by Gasteiger charge is 2.23. The molecule has 3 heteroatoms.